The van der Waals surface area contributed by atoms with Gasteiger partial charge in [0.2, 0.25) is 5.82 Å². The van der Waals surface area contributed by atoms with Gasteiger partial charge in [0, 0.05) is 5.69 Å². The number of halogens is 3. The number of nitrogens with zero attached hydrogens (tertiary/aromatic N) is 7. The Bertz CT molecular complexity index is 1510. The lowest BCUT2D eigenvalue weighted by Crippen LogP contribution is -2.14. The second-order valence-electron chi connectivity index (χ2n) is 7.34. The average Bonchev–Trinajstić information content (AvgIpc) is 3.59. The number of rotatable bonds is 5. The number of carbonyl (C=O) groups excluding carboxylic acids is 1. The van der Waals surface area contributed by atoms with Gasteiger partial charge in [-0.25, -0.2) is 9.67 Å². The highest BCUT2D eigenvalue weighted by molar-refractivity contribution is 7.13. The minimum atomic E-state index is -4.52. The molecule has 35 heavy (non-hydrogen) atoms. The molecule has 3 heterocycles. The fourth-order valence-electron chi connectivity index (χ4n) is 3.34. The number of amides is 1. The average molecular weight is 496 g/mol. The van der Waals surface area contributed by atoms with E-state index in [-0.39, 0.29) is 17.3 Å². The molecule has 0 radical (unpaired) electrons. The van der Waals surface area contributed by atoms with Crippen molar-refractivity contribution in [3.05, 3.63) is 83.3 Å². The highest BCUT2D eigenvalue weighted by Gasteiger charge is 2.31. The zero-order valence-corrected chi connectivity index (χ0v) is 18.7. The molecule has 5 rings (SSSR count). The van der Waals surface area contributed by atoms with E-state index < -0.39 is 17.6 Å². The normalized spacial score (nSPS) is 11.5. The lowest BCUT2D eigenvalue weighted by molar-refractivity contribution is -0.137. The maximum Gasteiger partial charge on any atom is 0.416 e. The molecule has 3 aromatic heterocycles. The molecule has 0 aliphatic rings. The van der Waals surface area contributed by atoms with Crippen molar-refractivity contribution in [3.8, 4) is 22.1 Å². The van der Waals surface area contributed by atoms with Crippen LogP contribution < -0.4 is 5.32 Å². The number of nitrogens with one attached hydrogen (secondary N) is 1. The standard InChI is InChI=1S/C22H15F3N8OS/c1-13-28-30-31-32(13)17-8-3-6-15(12-17)26-21(34)19-27-20(18-9-4-10-35-18)33(29-19)16-7-2-5-14(11-16)22(23,24)25/h2-12H,1H3,(H,26,34). The van der Waals surface area contributed by atoms with Gasteiger partial charge in [0.05, 0.1) is 21.8 Å². The van der Waals surface area contributed by atoms with Gasteiger partial charge in [0.15, 0.2) is 11.6 Å². The van der Waals surface area contributed by atoms with Crippen LogP contribution in [0.2, 0.25) is 0 Å². The van der Waals surface area contributed by atoms with E-state index in [0.717, 1.165) is 12.1 Å². The molecular formula is C22H15F3N8OS. The lowest BCUT2D eigenvalue weighted by Gasteiger charge is -2.09. The summed E-state index contributed by atoms with van der Waals surface area (Å²) in [4.78, 5) is 18.0. The number of aromatic nitrogens is 7. The fraction of sp³-hybridized carbons (Fsp3) is 0.0909. The van der Waals surface area contributed by atoms with Crippen LogP contribution >= 0.6 is 11.3 Å². The molecule has 1 amide bonds. The topological polar surface area (TPSA) is 103 Å². The van der Waals surface area contributed by atoms with Crippen molar-refractivity contribution in [1.82, 2.24) is 35.0 Å². The van der Waals surface area contributed by atoms with E-state index in [0.29, 0.717) is 22.1 Å². The van der Waals surface area contributed by atoms with Gasteiger partial charge in [0.1, 0.15) is 0 Å². The van der Waals surface area contributed by atoms with Crippen LogP contribution in [-0.4, -0.2) is 40.9 Å². The van der Waals surface area contributed by atoms with Crippen molar-refractivity contribution in [1.29, 1.82) is 0 Å². The molecule has 0 aliphatic heterocycles. The summed E-state index contributed by atoms with van der Waals surface area (Å²) in [5.41, 5.74) is 0.372. The largest absolute Gasteiger partial charge is 0.416 e. The van der Waals surface area contributed by atoms with Crippen LogP contribution in [0.5, 0.6) is 0 Å². The lowest BCUT2D eigenvalue weighted by atomic mass is 10.2. The van der Waals surface area contributed by atoms with Crippen molar-refractivity contribution >= 4 is 22.9 Å². The Morgan fingerprint density at radius 1 is 1.00 bits per heavy atom. The van der Waals surface area contributed by atoms with Gasteiger partial charge < -0.3 is 5.32 Å². The Morgan fingerprint density at radius 2 is 1.77 bits per heavy atom. The van der Waals surface area contributed by atoms with Crippen LogP contribution in [0.15, 0.2) is 66.0 Å². The molecule has 0 saturated carbocycles. The maximum atomic E-state index is 13.3. The first kappa shape index (κ1) is 22.4. The summed E-state index contributed by atoms with van der Waals surface area (Å²) in [6, 6.07) is 15.0. The predicted molar refractivity (Wildman–Crippen MR) is 122 cm³/mol. The van der Waals surface area contributed by atoms with Gasteiger partial charge in [0.25, 0.3) is 5.91 Å². The molecule has 0 spiro atoms. The Morgan fingerprint density at radius 3 is 2.46 bits per heavy atom. The van der Waals surface area contributed by atoms with Crippen molar-refractivity contribution in [2.24, 2.45) is 0 Å². The molecule has 5 aromatic rings. The molecule has 0 fully saturated rings. The third-order valence-electron chi connectivity index (χ3n) is 4.94. The molecule has 0 unspecified atom stereocenters. The van der Waals surface area contributed by atoms with E-state index >= 15 is 0 Å². The van der Waals surface area contributed by atoms with Gasteiger partial charge in [-0.1, -0.05) is 18.2 Å². The summed E-state index contributed by atoms with van der Waals surface area (Å²) < 4.78 is 42.6. The highest BCUT2D eigenvalue weighted by atomic mass is 32.1. The number of alkyl halides is 3. The van der Waals surface area contributed by atoms with E-state index in [2.05, 4.69) is 30.9 Å². The van der Waals surface area contributed by atoms with Gasteiger partial charge >= 0.3 is 6.18 Å². The van der Waals surface area contributed by atoms with E-state index in [1.54, 1.807) is 48.7 Å². The van der Waals surface area contributed by atoms with Crippen molar-refractivity contribution in [2.45, 2.75) is 13.1 Å². The monoisotopic (exact) mass is 496 g/mol. The van der Waals surface area contributed by atoms with Crippen LogP contribution in [0.1, 0.15) is 22.0 Å². The minimum absolute atomic E-state index is 0.130. The van der Waals surface area contributed by atoms with Gasteiger partial charge in [-0.3, -0.25) is 4.79 Å². The van der Waals surface area contributed by atoms with E-state index in [9.17, 15) is 18.0 Å². The third kappa shape index (κ3) is 4.53. The molecule has 9 nitrogen and oxygen atoms in total. The Labute approximate surface area is 199 Å². The van der Waals surface area contributed by atoms with Crippen LogP contribution in [0, 0.1) is 6.92 Å². The Balaban J connectivity index is 1.50. The van der Waals surface area contributed by atoms with Crippen molar-refractivity contribution in [2.75, 3.05) is 5.32 Å². The summed E-state index contributed by atoms with van der Waals surface area (Å²) >= 11 is 1.33. The Kier molecular flexibility index (Phi) is 5.61. The Hall–Kier alpha value is -4.39. The third-order valence-corrected chi connectivity index (χ3v) is 5.81. The molecular weight excluding hydrogens is 481 g/mol. The summed E-state index contributed by atoms with van der Waals surface area (Å²) in [6.45, 7) is 1.74. The number of benzene rings is 2. The first-order valence-electron chi connectivity index (χ1n) is 10.1. The zero-order chi connectivity index (χ0) is 24.6. The molecule has 0 saturated heterocycles. The molecule has 0 bridgehead atoms. The van der Waals surface area contributed by atoms with Gasteiger partial charge in [-0.15, -0.1) is 21.5 Å². The van der Waals surface area contributed by atoms with Crippen LogP contribution in [0.25, 0.3) is 22.1 Å². The van der Waals surface area contributed by atoms with Crippen molar-refractivity contribution < 1.29 is 18.0 Å². The number of thiophene rings is 1. The van der Waals surface area contributed by atoms with Crippen LogP contribution in [0.4, 0.5) is 18.9 Å². The number of aryl methyl sites for hydroxylation is 1. The quantitative estimate of drug-likeness (QED) is 0.383. The first-order chi connectivity index (χ1) is 16.8. The predicted octanol–water partition coefficient (Wildman–Crippen LogP) is 4.55. The smallest absolute Gasteiger partial charge is 0.319 e. The molecule has 13 heteroatoms. The SMILES string of the molecule is Cc1nnnn1-c1cccc(NC(=O)c2nc(-c3cccs3)n(-c3cccc(C(F)(F)F)c3)n2)c1. The molecule has 176 valence electrons. The second-order valence-corrected chi connectivity index (χ2v) is 8.29. The number of anilines is 1. The zero-order valence-electron chi connectivity index (χ0n) is 17.9. The summed E-state index contributed by atoms with van der Waals surface area (Å²) in [7, 11) is 0. The van der Waals surface area contributed by atoms with Crippen LogP contribution in [0.3, 0.4) is 0 Å². The van der Waals surface area contributed by atoms with E-state index in [1.807, 2.05) is 0 Å². The second kappa shape index (κ2) is 8.76. The number of hydrogen-bond donors (Lipinski definition) is 1. The maximum absolute atomic E-state index is 13.3. The van der Waals surface area contributed by atoms with Gasteiger partial charge in [-0.2, -0.15) is 17.9 Å². The van der Waals surface area contributed by atoms with E-state index in [1.165, 1.54) is 32.8 Å². The fourth-order valence-corrected chi connectivity index (χ4v) is 4.04. The van der Waals surface area contributed by atoms with E-state index in [4.69, 9.17) is 0 Å². The number of carbonyl (C=O) groups is 1. The van der Waals surface area contributed by atoms with Crippen LogP contribution in [-0.2, 0) is 6.18 Å². The number of hydrogen-bond acceptors (Lipinski definition) is 7. The van der Waals surface area contributed by atoms with Gasteiger partial charge in [-0.05, 0) is 65.2 Å². The highest BCUT2D eigenvalue weighted by Crippen LogP contribution is 2.32. The molecule has 0 aliphatic carbocycles. The first-order valence-corrected chi connectivity index (χ1v) is 11.0. The van der Waals surface area contributed by atoms with Crippen molar-refractivity contribution in [3.63, 3.8) is 0 Å². The summed E-state index contributed by atoms with van der Waals surface area (Å²) in [6.07, 6.45) is -4.52. The minimum Gasteiger partial charge on any atom is -0.319 e. The molecule has 0 atom stereocenters. The number of tetrazole rings is 1. The summed E-state index contributed by atoms with van der Waals surface area (Å²) in [5, 5.41) is 20.1. The summed E-state index contributed by atoms with van der Waals surface area (Å²) in [5.74, 6) is -0.00737. The molecule has 1 N–H and O–H groups in total. The molecule has 2 aromatic carbocycles.